The van der Waals surface area contributed by atoms with Crippen molar-refractivity contribution in [1.29, 1.82) is 0 Å². The van der Waals surface area contributed by atoms with Crippen molar-refractivity contribution in [2.75, 3.05) is 6.16 Å². The molecule has 0 saturated heterocycles. The zero-order valence-corrected chi connectivity index (χ0v) is 17.6. The van der Waals surface area contributed by atoms with Gasteiger partial charge < -0.3 is 12.4 Å². The van der Waals surface area contributed by atoms with E-state index in [4.69, 9.17) is 0 Å². The third-order valence-corrected chi connectivity index (χ3v) is 9.37. The van der Waals surface area contributed by atoms with Gasteiger partial charge in [-0.1, -0.05) is 84.9 Å². The smallest absolute Gasteiger partial charge is 0.201 e. The molecular weight excluding hydrogens is 395 g/mol. The molecule has 29 heavy (non-hydrogen) atoms. The maximum absolute atomic E-state index is 13.4. The van der Waals surface area contributed by atoms with Crippen LogP contribution in [0, 0.1) is 0 Å². The molecule has 3 heteroatoms. The summed E-state index contributed by atoms with van der Waals surface area (Å²) in [6.45, 7) is 0. The SMILES string of the molecule is O=C(C[P+](c1ccccc1)(c1ccccc1)c1ccccc1)c1ccccc1.[Cl-]. The molecular formula is C26H22ClOP. The van der Waals surface area contributed by atoms with Crippen molar-refractivity contribution in [3.8, 4) is 0 Å². The fourth-order valence-corrected chi connectivity index (χ4v) is 7.80. The lowest BCUT2D eigenvalue weighted by Crippen LogP contribution is -3.00. The van der Waals surface area contributed by atoms with Gasteiger partial charge in [-0.15, -0.1) is 0 Å². The first-order valence-corrected chi connectivity index (χ1v) is 11.4. The summed E-state index contributed by atoms with van der Waals surface area (Å²) in [5, 5.41) is 3.70. The van der Waals surface area contributed by atoms with Gasteiger partial charge in [-0.25, -0.2) is 0 Å². The molecule has 0 atom stereocenters. The van der Waals surface area contributed by atoms with Crippen molar-refractivity contribution >= 4 is 29.0 Å². The van der Waals surface area contributed by atoms with Crippen molar-refractivity contribution in [1.82, 2.24) is 0 Å². The standard InChI is InChI=1S/C26H22OP.ClH/c27-26(22-13-5-1-6-14-22)21-28(23-15-7-2-8-16-23,24-17-9-3-10-18-24)25-19-11-4-12-20-25;/h1-20H,21H2;1H/q+1;/p-1. The van der Waals surface area contributed by atoms with Gasteiger partial charge in [0.05, 0.1) is 0 Å². The van der Waals surface area contributed by atoms with Crippen molar-refractivity contribution < 1.29 is 17.2 Å². The second-order valence-corrected chi connectivity index (χ2v) is 10.2. The van der Waals surface area contributed by atoms with Crippen LogP contribution in [0.15, 0.2) is 121 Å². The lowest BCUT2D eigenvalue weighted by molar-refractivity contribution is -0.0000132. The predicted octanol–water partition coefficient (Wildman–Crippen LogP) is 1.87. The summed E-state index contributed by atoms with van der Waals surface area (Å²) in [7, 11) is -2.12. The highest BCUT2D eigenvalue weighted by atomic mass is 35.5. The first-order chi connectivity index (χ1) is 13.8. The quantitative estimate of drug-likeness (QED) is 0.346. The van der Waals surface area contributed by atoms with Crippen LogP contribution in [0.5, 0.6) is 0 Å². The highest BCUT2D eigenvalue weighted by Gasteiger charge is 2.47. The Morgan fingerprint density at radius 1 is 0.517 bits per heavy atom. The van der Waals surface area contributed by atoms with Gasteiger partial charge in [-0.3, -0.25) is 4.79 Å². The molecule has 0 aliphatic rings. The molecule has 0 saturated carbocycles. The zero-order valence-electron chi connectivity index (χ0n) is 16.0. The molecule has 0 radical (unpaired) electrons. The Bertz CT molecular complexity index is 938. The lowest BCUT2D eigenvalue weighted by atomic mass is 10.2. The van der Waals surface area contributed by atoms with Crippen LogP contribution in [0.4, 0.5) is 0 Å². The second-order valence-electron chi connectivity index (χ2n) is 6.76. The van der Waals surface area contributed by atoms with Crippen molar-refractivity contribution in [2.45, 2.75) is 0 Å². The number of ketones is 1. The summed E-state index contributed by atoms with van der Waals surface area (Å²) in [5.41, 5.74) is 0.773. The molecule has 0 heterocycles. The highest BCUT2D eigenvalue weighted by Crippen LogP contribution is 2.55. The molecule has 0 aromatic heterocycles. The van der Waals surface area contributed by atoms with E-state index in [1.54, 1.807) is 0 Å². The average Bonchev–Trinajstić information content (AvgIpc) is 2.80. The fraction of sp³-hybridized carbons (Fsp3) is 0.0385. The van der Waals surface area contributed by atoms with Crippen molar-refractivity contribution in [3.63, 3.8) is 0 Å². The Morgan fingerprint density at radius 2 is 0.828 bits per heavy atom. The number of hydrogen-bond acceptors (Lipinski definition) is 1. The Morgan fingerprint density at radius 3 is 1.17 bits per heavy atom. The molecule has 0 fully saturated rings. The molecule has 0 amide bonds. The topological polar surface area (TPSA) is 17.1 Å². The number of carbonyl (C=O) groups excluding carboxylic acids is 1. The predicted molar refractivity (Wildman–Crippen MR) is 121 cm³/mol. The molecule has 4 rings (SSSR count). The van der Waals surface area contributed by atoms with E-state index in [1.165, 1.54) is 15.9 Å². The fourth-order valence-electron chi connectivity index (χ4n) is 3.70. The summed E-state index contributed by atoms with van der Waals surface area (Å²) in [6, 6.07) is 41.2. The van der Waals surface area contributed by atoms with E-state index in [0.717, 1.165) is 5.56 Å². The first-order valence-electron chi connectivity index (χ1n) is 9.44. The van der Waals surface area contributed by atoms with Gasteiger partial charge in [0.15, 0.2) is 0 Å². The molecule has 4 aromatic carbocycles. The largest absolute Gasteiger partial charge is 1.00 e. The van der Waals surface area contributed by atoms with Crippen LogP contribution in [-0.4, -0.2) is 11.9 Å². The highest BCUT2D eigenvalue weighted by molar-refractivity contribution is 7.96. The third-order valence-electron chi connectivity index (χ3n) is 5.07. The summed E-state index contributed by atoms with van der Waals surface area (Å²) < 4.78 is 0. The maximum atomic E-state index is 13.4. The van der Waals surface area contributed by atoms with Crippen LogP contribution in [0.3, 0.4) is 0 Å². The normalized spacial score (nSPS) is 10.8. The molecule has 4 aromatic rings. The molecule has 0 bridgehead atoms. The molecule has 144 valence electrons. The van der Waals surface area contributed by atoms with Gasteiger partial charge in [-0.2, -0.15) is 0 Å². The average molecular weight is 417 g/mol. The molecule has 0 N–H and O–H groups in total. The number of Topliss-reactive ketones (excluding diaryl/α,β-unsaturated/α-hetero) is 1. The van der Waals surface area contributed by atoms with E-state index in [0.29, 0.717) is 6.16 Å². The first kappa shape index (κ1) is 21.0. The number of rotatable bonds is 6. The van der Waals surface area contributed by atoms with E-state index >= 15 is 0 Å². The summed E-state index contributed by atoms with van der Waals surface area (Å²) in [5.74, 6) is 0.186. The van der Waals surface area contributed by atoms with Crippen LogP contribution in [-0.2, 0) is 0 Å². The van der Waals surface area contributed by atoms with Crippen LogP contribution < -0.4 is 28.3 Å². The van der Waals surface area contributed by atoms with Gasteiger partial charge in [0.25, 0.3) is 0 Å². The Labute approximate surface area is 179 Å². The number of halogens is 1. The van der Waals surface area contributed by atoms with Gasteiger partial charge in [0.2, 0.25) is 5.78 Å². The van der Waals surface area contributed by atoms with E-state index in [2.05, 4.69) is 72.8 Å². The number of hydrogen-bond donors (Lipinski definition) is 0. The van der Waals surface area contributed by atoms with Gasteiger partial charge in [0, 0.05) is 5.56 Å². The molecule has 0 spiro atoms. The molecule has 0 unspecified atom stereocenters. The zero-order chi connectivity index (χ0) is 19.2. The van der Waals surface area contributed by atoms with E-state index in [9.17, 15) is 4.79 Å². The van der Waals surface area contributed by atoms with E-state index in [-0.39, 0.29) is 18.2 Å². The molecule has 0 aliphatic carbocycles. The lowest BCUT2D eigenvalue weighted by Gasteiger charge is -2.27. The summed E-state index contributed by atoms with van der Waals surface area (Å²) in [6.07, 6.45) is 0.481. The van der Waals surface area contributed by atoms with Crippen LogP contribution in [0.25, 0.3) is 0 Å². The molecule has 0 aliphatic heterocycles. The Hall–Kier alpha value is -2.73. The Kier molecular flexibility index (Phi) is 6.99. The summed E-state index contributed by atoms with van der Waals surface area (Å²) in [4.78, 5) is 13.4. The summed E-state index contributed by atoms with van der Waals surface area (Å²) >= 11 is 0. The van der Waals surface area contributed by atoms with Gasteiger partial charge in [-0.05, 0) is 36.4 Å². The van der Waals surface area contributed by atoms with Gasteiger partial charge >= 0.3 is 0 Å². The minimum Gasteiger partial charge on any atom is -1.00 e. The van der Waals surface area contributed by atoms with E-state index < -0.39 is 7.26 Å². The van der Waals surface area contributed by atoms with Crippen LogP contribution in [0.2, 0.25) is 0 Å². The second kappa shape index (κ2) is 9.65. The monoisotopic (exact) mass is 416 g/mol. The number of benzene rings is 4. The molecule has 1 nitrogen and oxygen atoms in total. The van der Waals surface area contributed by atoms with Crippen LogP contribution >= 0.6 is 7.26 Å². The Balaban J connectivity index is 0.00000240. The maximum Gasteiger partial charge on any atom is 0.201 e. The van der Waals surface area contributed by atoms with Gasteiger partial charge in [0.1, 0.15) is 29.3 Å². The van der Waals surface area contributed by atoms with Crippen LogP contribution in [0.1, 0.15) is 10.4 Å². The number of carbonyl (C=O) groups is 1. The third kappa shape index (κ3) is 4.32. The van der Waals surface area contributed by atoms with E-state index in [1.807, 2.05) is 48.5 Å². The van der Waals surface area contributed by atoms with Crippen molar-refractivity contribution in [3.05, 3.63) is 127 Å². The minimum atomic E-state index is -2.12. The van der Waals surface area contributed by atoms with Crippen molar-refractivity contribution in [2.24, 2.45) is 0 Å². The minimum absolute atomic E-state index is 0.